The van der Waals surface area contributed by atoms with Gasteiger partial charge in [0.15, 0.2) is 11.6 Å². The summed E-state index contributed by atoms with van der Waals surface area (Å²) in [5.41, 5.74) is -1.49. The summed E-state index contributed by atoms with van der Waals surface area (Å²) in [6, 6.07) is -0.220. The first-order chi connectivity index (χ1) is 26.8. The molecule has 0 aliphatic carbocycles. The quantitative estimate of drug-likeness (QED) is 0.119. The fourth-order valence-electron chi connectivity index (χ4n) is 11.2. The average molecular weight is 828 g/mol. The second-order valence-electron chi connectivity index (χ2n) is 19.2. The maximum atomic E-state index is 14.6. The van der Waals surface area contributed by atoms with Gasteiger partial charge >= 0.3 is 29.6 Å². The van der Waals surface area contributed by atoms with Gasteiger partial charge in [0.2, 0.25) is 0 Å². The van der Waals surface area contributed by atoms with Crippen LogP contribution in [0.2, 0.25) is 0 Å². The molecule has 11 nitrogen and oxygen atoms in total. The van der Waals surface area contributed by atoms with E-state index in [1.54, 1.807) is 6.92 Å². The van der Waals surface area contributed by atoms with Crippen LogP contribution in [0.25, 0.3) is 0 Å². The number of aliphatic hydroxyl groups excluding tert-OH is 1. The number of aliphatic carboxylic acids is 1. The number of ether oxygens (including phenoxy) is 5. The SMILES string of the molecule is CCCCN[C@H]1C=C[C@]2(O[C@H]([C@@H](CC)C(=O)[C@@H](C)[C@@H](O)[C@H](C)[C@@H]3O[C@@H]([C@@H](CC)C(=O)[O-])CC[C@@H]3C)[C@@H](C)C[C@H]2C)O[C@@]12CC[C@@](C)([C@H]1CC[C@](O)(CC)[C@H](C)O1)O2.[Na+]. The molecule has 12 heteroatoms. The summed E-state index contributed by atoms with van der Waals surface area (Å²) in [6.07, 6.45) is 9.93. The smallest absolute Gasteiger partial charge is 0.550 e. The first kappa shape index (κ1) is 50.2. The number of ketones is 1. The van der Waals surface area contributed by atoms with Crippen LogP contribution in [0.4, 0.5) is 0 Å². The Bertz CT molecular complexity index is 1400. The molecule has 58 heavy (non-hydrogen) atoms. The van der Waals surface area contributed by atoms with Crippen LogP contribution in [-0.2, 0) is 33.3 Å². The number of carbonyl (C=O) groups excluding carboxylic acids is 2. The number of unbranched alkanes of at least 4 members (excludes halogenated alkanes) is 1. The molecule has 5 heterocycles. The molecule has 4 saturated heterocycles. The van der Waals surface area contributed by atoms with Gasteiger partial charge in [-0.2, -0.15) is 0 Å². The van der Waals surface area contributed by atoms with E-state index in [0.717, 1.165) is 38.6 Å². The van der Waals surface area contributed by atoms with Crippen molar-refractivity contribution in [1.82, 2.24) is 5.32 Å². The summed E-state index contributed by atoms with van der Waals surface area (Å²) in [5, 5.41) is 38.6. The van der Waals surface area contributed by atoms with Crippen molar-refractivity contribution in [2.45, 2.75) is 219 Å². The maximum Gasteiger partial charge on any atom is 1.00 e. The van der Waals surface area contributed by atoms with E-state index in [1.165, 1.54) is 0 Å². The molecule has 0 aromatic heterocycles. The molecule has 0 bridgehead atoms. The van der Waals surface area contributed by atoms with Crippen molar-refractivity contribution < 1.29 is 78.2 Å². The standard InChI is InChI=1S/C46H79NO10.Na/c1-12-16-25-47-36-19-22-45(57-46(36)24-23-43(11,56-46)37-20-21-44(52,15-4)32(10)53-37)29(7)26-28(6)41(55-45)34(14-3)39(49)30(8)38(48)31(9)40-27(5)17-18-35(54-40)33(13-2)42(50)51;/h19,22,27-38,40-41,47-48,52H,12-18,20-21,23-26H2,1-11H3,(H,50,51);/q;+1/p-1/t27-,28-,29+,30-,31-,32-,33+,34-,35+,36-,37+,38+,40+,41-,43-,44+,45-,46-;/m0./s1. The monoisotopic (exact) mass is 828 g/mol. The number of aliphatic hydroxyl groups is 2. The van der Waals surface area contributed by atoms with Crippen LogP contribution in [0.5, 0.6) is 0 Å². The minimum absolute atomic E-state index is 0. The Kier molecular flexibility index (Phi) is 17.6. The molecule has 0 aromatic carbocycles. The Morgan fingerprint density at radius 2 is 1.60 bits per heavy atom. The molecule has 0 aromatic rings. The molecule has 5 aliphatic rings. The molecule has 0 saturated carbocycles. The average Bonchev–Trinajstić information content (AvgIpc) is 3.52. The van der Waals surface area contributed by atoms with Gasteiger partial charge in [0.05, 0.1) is 53.9 Å². The number of Topliss-reactive ketones (excluding diaryl/α,β-unsaturated/α-hetero) is 1. The largest absolute Gasteiger partial charge is 1.00 e. The zero-order chi connectivity index (χ0) is 42.1. The van der Waals surface area contributed by atoms with E-state index >= 15 is 0 Å². The summed E-state index contributed by atoms with van der Waals surface area (Å²) in [4.78, 5) is 26.5. The van der Waals surface area contributed by atoms with Crippen molar-refractivity contribution >= 4 is 11.8 Å². The van der Waals surface area contributed by atoms with Gasteiger partial charge in [-0.3, -0.25) is 4.79 Å². The van der Waals surface area contributed by atoms with Crippen LogP contribution in [0.1, 0.15) is 153 Å². The van der Waals surface area contributed by atoms with Gasteiger partial charge in [0.1, 0.15) is 5.78 Å². The Morgan fingerprint density at radius 3 is 2.21 bits per heavy atom. The van der Waals surface area contributed by atoms with Crippen LogP contribution < -0.4 is 40.0 Å². The number of carbonyl (C=O) groups is 2. The van der Waals surface area contributed by atoms with Crippen molar-refractivity contribution in [3.8, 4) is 0 Å². The minimum Gasteiger partial charge on any atom is -0.550 e. The van der Waals surface area contributed by atoms with Crippen molar-refractivity contribution in [3.63, 3.8) is 0 Å². The second-order valence-corrected chi connectivity index (χ2v) is 19.2. The van der Waals surface area contributed by atoms with Crippen LogP contribution in [-0.4, -0.2) is 94.0 Å². The first-order valence-electron chi connectivity index (χ1n) is 22.8. The molecule has 5 aliphatic heterocycles. The van der Waals surface area contributed by atoms with Gasteiger partial charge in [-0.1, -0.05) is 74.8 Å². The van der Waals surface area contributed by atoms with Crippen LogP contribution in [0, 0.1) is 41.4 Å². The maximum absolute atomic E-state index is 14.6. The normalized spacial score (nSPS) is 43.0. The summed E-state index contributed by atoms with van der Waals surface area (Å²) in [5.74, 6) is -5.48. The summed E-state index contributed by atoms with van der Waals surface area (Å²) >= 11 is 0. The zero-order valence-corrected chi connectivity index (χ0v) is 40.1. The van der Waals surface area contributed by atoms with Crippen molar-refractivity contribution in [2.24, 2.45) is 41.4 Å². The summed E-state index contributed by atoms with van der Waals surface area (Å²) in [7, 11) is 0. The third-order valence-corrected chi connectivity index (χ3v) is 15.4. The first-order valence-corrected chi connectivity index (χ1v) is 22.8. The van der Waals surface area contributed by atoms with E-state index in [1.807, 2.05) is 34.6 Å². The van der Waals surface area contributed by atoms with Gasteiger partial charge in [-0.05, 0) is 103 Å². The van der Waals surface area contributed by atoms with Crippen molar-refractivity contribution in [1.29, 1.82) is 0 Å². The Balaban J connectivity index is 0.00000744. The van der Waals surface area contributed by atoms with Crippen LogP contribution in [0.3, 0.4) is 0 Å². The fraction of sp³-hybridized carbons (Fsp3) is 0.913. The molecule has 0 unspecified atom stereocenters. The number of hydrogen-bond donors (Lipinski definition) is 3. The molecule has 328 valence electrons. The van der Waals surface area contributed by atoms with Crippen LogP contribution in [0.15, 0.2) is 12.2 Å². The number of hydrogen-bond acceptors (Lipinski definition) is 11. The molecule has 3 N–H and O–H groups in total. The van der Waals surface area contributed by atoms with Gasteiger partial charge in [0, 0.05) is 42.0 Å². The molecule has 2 spiro atoms. The molecule has 5 rings (SSSR count). The molecule has 4 fully saturated rings. The number of rotatable bonds is 16. The number of nitrogens with one attached hydrogen (secondary N) is 1. The van der Waals surface area contributed by atoms with E-state index in [0.29, 0.717) is 44.9 Å². The fourth-order valence-corrected chi connectivity index (χ4v) is 11.2. The Morgan fingerprint density at radius 1 is 0.914 bits per heavy atom. The van der Waals surface area contributed by atoms with E-state index in [2.05, 4.69) is 52.1 Å². The van der Waals surface area contributed by atoms with E-state index in [-0.39, 0.29) is 77.4 Å². The van der Waals surface area contributed by atoms with Crippen molar-refractivity contribution in [2.75, 3.05) is 6.54 Å². The molecular formula is C46H78NNaO10. The zero-order valence-electron chi connectivity index (χ0n) is 38.1. The topological polar surface area (TPSA) is 156 Å². The van der Waals surface area contributed by atoms with Gasteiger partial charge in [0.25, 0.3) is 0 Å². The predicted octanol–water partition coefficient (Wildman–Crippen LogP) is 3.25. The minimum atomic E-state index is -1.13. The third kappa shape index (κ3) is 10.0. The van der Waals surface area contributed by atoms with Gasteiger partial charge in [-0.15, -0.1) is 0 Å². The van der Waals surface area contributed by atoms with Crippen molar-refractivity contribution in [3.05, 3.63) is 12.2 Å². The van der Waals surface area contributed by atoms with Gasteiger partial charge < -0.3 is 49.1 Å². The number of carboxylic acids is 1. The molecule has 18 atom stereocenters. The summed E-state index contributed by atoms with van der Waals surface area (Å²) in [6.45, 7) is 23.0. The second kappa shape index (κ2) is 20.4. The third-order valence-electron chi connectivity index (χ3n) is 15.4. The van der Waals surface area contributed by atoms with E-state index in [4.69, 9.17) is 23.7 Å². The van der Waals surface area contributed by atoms with Gasteiger partial charge in [-0.25, -0.2) is 0 Å². The number of carboxylic acid groups (broad SMARTS) is 1. The summed E-state index contributed by atoms with van der Waals surface area (Å²) < 4.78 is 34.7. The molecular weight excluding hydrogens is 749 g/mol. The molecule has 0 radical (unpaired) electrons. The molecule has 0 amide bonds. The van der Waals surface area contributed by atoms with Crippen LogP contribution >= 0.6 is 0 Å². The predicted molar refractivity (Wildman–Crippen MR) is 217 cm³/mol. The van der Waals surface area contributed by atoms with E-state index < -0.39 is 70.7 Å². The van der Waals surface area contributed by atoms with E-state index in [9.17, 15) is 24.9 Å². The Hall–Kier alpha value is -0.440. The Labute approximate surface area is 372 Å².